The number of ether oxygens (including phenoxy) is 1. The number of hydrogen-bond donors (Lipinski definition) is 3. The van der Waals surface area contributed by atoms with Crippen LogP contribution in [-0.2, 0) is 4.74 Å². The van der Waals surface area contributed by atoms with Gasteiger partial charge in [-0.05, 0) is 44.1 Å². The standard InChI is InChI=1S/C12H18N4OS/c1-9(11-5-2-6-13-11)15-16-12(18)14-8-10-4-3-7-17-10/h2,5-6,10,13H,3-4,7-8H2,1H3,(H2,14,16,18)/b15-9+/t10-/m0/s1. The van der Waals surface area contributed by atoms with Crippen molar-refractivity contribution in [2.45, 2.75) is 25.9 Å². The van der Waals surface area contributed by atoms with Gasteiger partial charge >= 0.3 is 0 Å². The quantitative estimate of drug-likeness (QED) is 0.438. The van der Waals surface area contributed by atoms with E-state index >= 15 is 0 Å². The molecule has 6 heteroatoms. The minimum Gasteiger partial charge on any atom is -0.376 e. The van der Waals surface area contributed by atoms with Crippen LogP contribution in [0.4, 0.5) is 0 Å². The number of hydrogen-bond acceptors (Lipinski definition) is 3. The molecule has 0 radical (unpaired) electrons. The van der Waals surface area contributed by atoms with E-state index in [4.69, 9.17) is 17.0 Å². The Bertz CT molecular complexity index is 410. The van der Waals surface area contributed by atoms with Crippen molar-refractivity contribution in [2.75, 3.05) is 13.2 Å². The average Bonchev–Trinajstić information content (AvgIpc) is 3.05. The van der Waals surface area contributed by atoms with Gasteiger partial charge in [0, 0.05) is 19.3 Å². The summed E-state index contributed by atoms with van der Waals surface area (Å²) >= 11 is 5.14. The second-order valence-corrected chi connectivity index (χ2v) is 4.65. The fraction of sp³-hybridized carbons (Fsp3) is 0.500. The van der Waals surface area contributed by atoms with Crippen LogP contribution in [0.1, 0.15) is 25.5 Å². The Balaban J connectivity index is 1.72. The minimum absolute atomic E-state index is 0.276. The highest BCUT2D eigenvalue weighted by atomic mass is 32.1. The Morgan fingerprint density at radius 2 is 2.56 bits per heavy atom. The molecule has 18 heavy (non-hydrogen) atoms. The van der Waals surface area contributed by atoms with E-state index in [0.29, 0.717) is 5.11 Å². The normalized spacial score (nSPS) is 19.8. The number of rotatable bonds is 4. The summed E-state index contributed by atoms with van der Waals surface area (Å²) in [7, 11) is 0. The van der Waals surface area contributed by atoms with Gasteiger partial charge in [0.25, 0.3) is 0 Å². The topological polar surface area (TPSA) is 61.4 Å². The minimum atomic E-state index is 0.276. The van der Waals surface area contributed by atoms with Crippen molar-refractivity contribution < 1.29 is 4.74 Å². The van der Waals surface area contributed by atoms with Crippen LogP contribution in [0, 0.1) is 0 Å². The van der Waals surface area contributed by atoms with Gasteiger partial charge in [-0.2, -0.15) is 5.10 Å². The van der Waals surface area contributed by atoms with Gasteiger partial charge in [-0.3, -0.25) is 5.43 Å². The molecule has 1 fully saturated rings. The molecule has 1 aliphatic rings. The summed E-state index contributed by atoms with van der Waals surface area (Å²) in [5.41, 5.74) is 4.67. The first-order chi connectivity index (χ1) is 8.75. The van der Waals surface area contributed by atoms with Gasteiger partial charge in [-0.25, -0.2) is 0 Å². The first kappa shape index (κ1) is 13.0. The number of nitrogens with zero attached hydrogens (tertiary/aromatic N) is 1. The highest BCUT2D eigenvalue weighted by Crippen LogP contribution is 2.10. The third-order valence-electron chi connectivity index (χ3n) is 2.83. The zero-order valence-electron chi connectivity index (χ0n) is 10.4. The number of H-pyrrole nitrogens is 1. The zero-order chi connectivity index (χ0) is 12.8. The molecule has 2 heterocycles. The maximum Gasteiger partial charge on any atom is 0.187 e. The number of aromatic nitrogens is 1. The molecule has 2 rings (SSSR count). The van der Waals surface area contributed by atoms with Gasteiger partial charge in [0.1, 0.15) is 0 Å². The van der Waals surface area contributed by atoms with Gasteiger partial charge in [0.2, 0.25) is 0 Å². The third kappa shape index (κ3) is 3.82. The SMILES string of the molecule is C/C(=N\NC(=S)NC[C@@H]1CCCO1)c1ccc[nH]1. The van der Waals surface area contributed by atoms with Gasteiger partial charge in [0.15, 0.2) is 5.11 Å². The van der Waals surface area contributed by atoms with Crippen molar-refractivity contribution in [2.24, 2.45) is 5.10 Å². The lowest BCUT2D eigenvalue weighted by Gasteiger charge is -2.12. The molecule has 98 valence electrons. The van der Waals surface area contributed by atoms with E-state index in [1.807, 2.05) is 25.3 Å². The van der Waals surface area contributed by atoms with Crippen LogP contribution in [0.25, 0.3) is 0 Å². The van der Waals surface area contributed by atoms with E-state index in [-0.39, 0.29) is 6.10 Å². The summed E-state index contributed by atoms with van der Waals surface area (Å²) in [6, 6.07) is 3.89. The Morgan fingerprint density at radius 1 is 1.67 bits per heavy atom. The zero-order valence-corrected chi connectivity index (χ0v) is 11.2. The molecule has 1 aromatic heterocycles. The highest BCUT2D eigenvalue weighted by Gasteiger charge is 2.15. The summed E-state index contributed by atoms with van der Waals surface area (Å²) < 4.78 is 5.50. The molecule has 0 amide bonds. The Morgan fingerprint density at radius 3 is 3.22 bits per heavy atom. The number of aromatic amines is 1. The maximum absolute atomic E-state index is 5.50. The van der Waals surface area contributed by atoms with Crippen molar-refractivity contribution >= 4 is 23.0 Å². The molecule has 1 atom stereocenters. The third-order valence-corrected chi connectivity index (χ3v) is 3.06. The first-order valence-corrected chi connectivity index (χ1v) is 6.50. The summed E-state index contributed by atoms with van der Waals surface area (Å²) in [5, 5.41) is 7.83. The molecule has 0 unspecified atom stereocenters. The van der Waals surface area contributed by atoms with E-state index in [9.17, 15) is 0 Å². The van der Waals surface area contributed by atoms with E-state index in [1.165, 1.54) is 0 Å². The van der Waals surface area contributed by atoms with Crippen molar-refractivity contribution in [1.29, 1.82) is 0 Å². The van der Waals surface area contributed by atoms with Crippen LogP contribution < -0.4 is 10.7 Å². The molecule has 0 aromatic carbocycles. The fourth-order valence-electron chi connectivity index (χ4n) is 1.80. The predicted octanol–water partition coefficient (Wildman–Crippen LogP) is 1.38. The van der Waals surface area contributed by atoms with Crippen LogP contribution in [0.3, 0.4) is 0 Å². The van der Waals surface area contributed by atoms with Crippen molar-refractivity contribution in [3.63, 3.8) is 0 Å². The summed E-state index contributed by atoms with van der Waals surface area (Å²) in [6.45, 7) is 3.51. The molecule has 3 N–H and O–H groups in total. The molecule has 0 saturated carbocycles. The van der Waals surface area contributed by atoms with Gasteiger partial charge < -0.3 is 15.0 Å². The molecular weight excluding hydrogens is 248 g/mol. The summed E-state index contributed by atoms with van der Waals surface area (Å²) in [4.78, 5) is 3.08. The fourth-order valence-corrected chi connectivity index (χ4v) is 1.93. The molecule has 5 nitrogen and oxygen atoms in total. The molecule has 0 aliphatic carbocycles. The molecule has 1 saturated heterocycles. The highest BCUT2D eigenvalue weighted by molar-refractivity contribution is 7.80. The lowest BCUT2D eigenvalue weighted by molar-refractivity contribution is 0.114. The lowest BCUT2D eigenvalue weighted by Crippen LogP contribution is -2.37. The van der Waals surface area contributed by atoms with E-state index in [0.717, 1.165) is 37.4 Å². The van der Waals surface area contributed by atoms with Crippen LogP contribution >= 0.6 is 12.2 Å². The Hall–Kier alpha value is -1.40. The molecule has 1 aliphatic heterocycles. The van der Waals surface area contributed by atoms with E-state index < -0.39 is 0 Å². The summed E-state index contributed by atoms with van der Waals surface area (Å²) in [5.74, 6) is 0. The van der Waals surface area contributed by atoms with Gasteiger partial charge in [0.05, 0.1) is 17.5 Å². The smallest absolute Gasteiger partial charge is 0.187 e. The molecule has 1 aromatic rings. The molecular formula is C12H18N4OS. The number of thiocarbonyl (C=S) groups is 1. The lowest BCUT2D eigenvalue weighted by atomic mass is 10.2. The average molecular weight is 266 g/mol. The molecule has 0 spiro atoms. The molecule has 0 bridgehead atoms. The van der Waals surface area contributed by atoms with Crippen molar-refractivity contribution in [3.8, 4) is 0 Å². The summed E-state index contributed by atoms with van der Waals surface area (Å²) in [6.07, 6.45) is 4.37. The number of nitrogens with one attached hydrogen (secondary N) is 3. The number of hydrazone groups is 1. The van der Waals surface area contributed by atoms with Crippen LogP contribution in [0.2, 0.25) is 0 Å². The Kier molecular flexibility index (Phi) is 4.72. The first-order valence-electron chi connectivity index (χ1n) is 6.09. The van der Waals surface area contributed by atoms with Gasteiger partial charge in [-0.15, -0.1) is 0 Å². The largest absolute Gasteiger partial charge is 0.376 e. The Labute approximate surface area is 112 Å². The monoisotopic (exact) mass is 266 g/mol. The second kappa shape index (κ2) is 6.51. The van der Waals surface area contributed by atoms with E-state index in [2.05, 4.69) is 20.8 Å². The van der Waals surface area contributed by atoms with Crippen LogP contribution in [0.15, 0.2) is 23.4 Å². The maximum atomic E-state index is 5.50. The van der Waals surface area contributed by atoms with Gasteiger partial charge in [-0.1, -0.05) is 0 Å². The predicted molar refractivity (Wildman–Crippen MR) is 75.7 cm³/mol. The van der Waals surface area contributed by atoms with Crippen LogP contribution in [0.5, 0.6) is 0 Å². The van der Waals surface area contributed by atoms with Crippen molar-refractivity contribution in [3.05, 3.63) is 24.0 Å². The van der Waals surface area contributed by atoms with Crippen LogP contribution in [-0.4, -0.2) is 35.1 Å². The van der Waals surface area contributed by atoms with E-state index in [1.54, 1.807) is 0 Å². The second-order valence-electron chi connectivity index (χ2n) is 4.24. The van der Waals surface area contributed by atoms with Crippen molar-refractivity contribution in [1.82, 2.24) is 15.7 Å².